The van der Waals surface area contributed by atoms with E-state index < -0.39 is 0 Å². The van der Waals surface area contributed by atoms with Crippen molar-refractivity contribution in [1.29, 1.82) is 0 Å². The molecule has 0 radical (unpaired) electrons. The van der Waals surface area contributed by atoms with Gasteiger partial charge in [-0.05, 0) is 44.4 Å². The lowest BCUT2D eigenvalue weighted by molar-refractivity contribution is -0.0849. The molecule has 1 heteroatoms. The van der Waals surface area contributed by atoms with Crippen molar-refractivity contribution in [1.82, 2.24) is 0 Å². The molecule has 0 N–H and O–H groups in total. The molecule has 0 saturated heterocycles. The van der Waals surface area contributed by atoms with Gasteiger partial charge in [0.2, 0.25) is 0 Å². The highest BCUT2D eigenvalue weighted by atomic mass is 16.5. The fraction of sp³-hybridized carbons (Fsp3) is 1.00. The lowest BCUT2D eigenvalue weighted by atomic mass is 9.76. The van der Waals surface area contributed by atoms with E-state index in [-0.39, 0.29) is 5.60 Å². The molecule has 0 spiro atoms. The van der Waals surface area contributed by atoms with Crippen molar-refractivity contribution in [2.75, 3.05) is 7.11 Å². The Balaban J connectivity index is 0.000000606. The van der Waals surface area contributed by atoms with E-state index in [2.05, 4.69) is 6.92 Å². The summed E-state index contributed by atoms with van der Waals surface area (Å²) in [6.45, 7) is 6.37. The van der Waals surface area contributed by atoms with E-state index >= 15 is 0 Å². The summed E-state index contributed by atoms with van der Waals surface area (Å²) in [5, 5.41) is 0. The zero-order chi connectivity index (χ0) is 12.0. The standard InChI is InChI=1S/C13H24O.C2H6/c1-13(14-2,11-7-3-4-8-11)12-9-5-6-10-12;1-2/h11-12H,3-10H2,1-2H3;1-2H3. The summed E-state index contributed by atoms with van der Waals surface area (Å²) in [7, 11) is 1.93. The van der Waals surface area contributed by atoms with Crippen LogP contribution in [0.25, 0.3) is 0 Å². The van der Waals surface area contributed by atoms with Gasteiger partial charge in [-0.15, -0.1) is 0 Å². The van der Waals surface area contributed by atoms with E-state index in [0.717, 1.165) is 11.8 Å². The number of ether oxygens (including phenoxy) is 1. The molecule has 0 aromatic heterocycles. The summed E-state index contributed by atoms with van der Waals surface area (Å²) in [6, 6.07) is 0. The molecule has 0 unspecified atom stereocenters. The van der Waals surface area contributed by atoms with Crippen LogP contribution in [-0.2, 0) is 4.74 Å². The first-order valence-corrected chi connectivity index (χ1v) is 7.32. The number of methoxy groups -OCH3 is 1. The summed E-state index contributed by atoms with van der Waals surface area (Å²) in [6.07, 6.45) is 11.3. The van der Waals surface area contributed by atoms with Crippen molar-refractivity contribution >= 4 is 0 Å². The van der Waals surface area contributed by atoms with Gasteiger partial charge in [-0.3, -0.25) is 0 Å². The fourth-order valence-corrected chi connectivity index (χ4v) is 3.66. The molecular weight excluding hydrogens is 196 g/mol. The van der Waals surface area contributed by atoms with Crippen LogP contribution in [0.15, 0.2) is 0 Å². The largest absolute Gasteiger partial charge is 0.378 e. The number of hydrogen-bond acceptors (Lipinski definition) is 1. The molecule has 2 aliphatic rings. The minimum atomic E-state index is 0.201. The van der Waals surface area contributed by atoms with Crippen LogP contribution in [0.4, 0.5) is 0 Å². The first kappa shape index (κ1) is 14.0. The molecule has 1 nitrogen and oxygen atoms in total. The third-order valence-electron chi connectivity index (χ3n) is 4.77. The molecule has 2 saturated carbocycles. The second kappa shape index (κ2) is 6.64. The average molecular weight is 226 g/mol. The van der Waals surface area contributed by atoms with Gasteiger partial charge in [-0.2, -0.15) is 0 Å². The monoisotopic (exact) mass is 226 g/mol. The van der Waals surface area contributed by atoms with Crippen LogP contribution in [0.5, 0.6) is 0 Å². The van der Waals surface area contributed by atoms with Crippen LogP contribution < -0.4 is 0 Å². The Kier molecular flexibility index (Phi) is 5.82. The summed E-state index contributed by atoms with van der Waals surface area (Å²) < 4.78 is 5.91. The van der Waals surface area contributed by atoms with E-state index in [4.69, 9.17) is 4.74 Å². The minimum Gasteiger partial charge on any atom is -0.378 e. The Bertz CT molecular complexity index is 160. The second-order valence-electron chi connectivity index (χ2n) is 5.35. The third kappa shape index (κ3) is 2.80. The zero-order valence-corrected chi connectivity index (χ0v) is 11.7. The van der Waals surface area contributed by atoms with Gasteiger partial charge < -0.3 is 4.74 Å². The van der Waals surface area contributed by atoms with Gasteiger partial charge in [0.05, 0.1) is 5.60 Å². The third-order valence-corrected chi connectivity index (χ3v) is 4.77. The molecule has 2 rings (SSSR count). The van der Waals surface area contributed by atoms with Crippen LogP contribution >= 0.6 is 0 Å². The molecule has 2 aliphatic carbocycles. The highest BCUT2D eigenvalue weighted by molar-refractivity contribution is 4.94. The smallest absolute Gasteiger partial charge is 0.0706 e. The quantitative estimate of drug-likeness (QED) is 0.672. The lowest BCUT2D eigenvalue weighted by Crippen LogP contribution is -2.42. The Labute approximate surface area is 102 Å². The van der Waals surface area contributed by atoms with E-state index in [9.17, 15) is 0 Å². The highest BCUT2D eigenvalue weighted by Crippen LogP contribution is 2.46. The fourth-order valence-electron chi connectivity index (χ4n) is 3.66. The van der Waals surface area contributed by atoms with Crippen molar-refractivity contribution in [2.45, 2.75) is 77.7 Å². The molecule has 16 heavy (non-hydrogen) atoms. The normalized spacial score (nSPS) is 23.2. The SMILES string of the molecule is CC.COC(C)(C1CCCC1)C1CCCC1. The first-order chi connectivity index (χ1) is 7.77. The average Bonchev–Trinajstić information content (AvgIpc) is 3.03. The summed E-state index contributed by atoms with van der Waals surface area (Å²) in [4.78, 5) is 0. The molecule has 2 fully saturated rings. The first-order valence-electron chi connectivity index (χ1n) is 7.32. The van der Waals surface area contributed by atoms with E-state index in [0.29, 0.717) is 0 Å². The Morgan fingerprint density at radius 3 is 1.38 bits per heavy atom. The molecule has 0 atom stereocenters. The molecule has 0 aliphatic heterocycles. The van der Waals surface area contributed by atoms with Crippen LogP contribution in [0.1, 0.15) is 72.1 Å². The van der Waals surface area contributed by atoms with E-state index in [1.54, 1.807) is 0 Å². The van der Waals surface area contributed by atoms with Crippen molar-refractivity contribution in [3.05, 3.63) is 0 Å². The molecule has 96 valence electrons. The lowest BCUT2D eigenvalue weighted by Gasteiger charge is -2.39. The van der Waals surface area contributed by atoms with Crippen LogP contribution in [-0.4, -0.2) is 12.7 Å². The van der Waals surface area contributed by atoms with Gasteiger partial charge in [0.25, 0.3) is 0 Å². The van der Waals surface area contributed by atoms with E-state index in [1.165, 1.54) is 51.4 Å². The maximum Gasteiger partial charge on any atom is 0.0706 e. The Morgan fingerprint density at radius 2 is 1.12 bits per heavy atom. The van der Waals surface area contributed by atoms with Gasteiger partial charge in [0, 0.05) is 7.11 Å². The van der Waals surface area contributed by atoms with Gasteiger partial charge in [-0.25, -0.2) is 0 Å². The number of hydrogen-bond donors (Lipinski definition) is 0. The van der Waals surface area contributed by atoms with Crippen LogP contribution in [0.2, 0.25) is 0 Å². The zero-order valence-electron chi connectivity index (χ0n) is 11.7. The Morgan fingerprint density at radius 1 is 0.812 bits per heavy atom. The van der Waals surface area contributed by atoms with E-state index in [1.807, 2.05) is 21.0 Å². The summed E-state index contributed by atoms with van der Waals surface area (Å²) in [5.41, 5.74) is 0.201. The van der Waals surface area contributed by atoms with Gasteiger partial charge in [0.15, 0.2) is 0 Å². The predicted octanol–water partition coefficient (Wildman–Crippen LogP) is 4.80. The highest BCUT2D eigenvalue weighted by Gasteiger charge is 2.43. The molecule has 0 aromatic rings. The predicted molar refractivity (Wildman–Crippen MR) is 70.7 cm³/mol. The number of rotatable bonds is 3. The van der Waals surface area contributed by atoms with Gasteiger partial charge in [-0.1, -0.05) is 39.5 Å². The second-order valence-corrected chi connectivity index (χ2v) is 5.35. The Hall–Kier alpha value is -0.0400. The van der Waals surface area contributed by atoms with Crippen LogP contribution in [0.3, 0.4) is 0 Å². The molecule has 0 amide bonds. The maximum atomic E-state index is 5.91. The van der Waals surface area contributed by atoms with Crippen molar-refractivity contribution in [3.63, 3.8) is 0 Å². The summed E-state index contributed by atoms with van der Waals surface area (Å²) >= 11 is 0. The molecule has 0 aromatic carbocycles. The van der Waals surface area contributed by atoms with Gasteiger partial charge in [0.1, 0.15) is 0 Å². The van der Waals surface area contributed by atoms with Crippen molar-refractivity contribution < 1.29 is 4.74 Å². The van der Waals surface area contributed by atoms with Crippen molar-refractivity contribution in [2.24, 2.45) is 11.8 Å². The molecular formula is C15H30O. The molecule has 0 heterocycles. The topological polar surface area (TPSA) is 9.23 Å². The molecule has 0 bridgehead atoms. The van der Waals surface area contributed by atoms with Crippen molar-refractivity contribution in [3.8, 4) is 0 Å². The van der Waals surface area contributed by atoms with Crippen LogP contribution in [0, 0.1) is 11.8 Å². The summed E-state index contributed by atoms with van der Waals surface area (Å²) in [5.74, 6) is 1.69. The minimum absolute atomic E-state index is 0.201. The maximum absolute atomic E-state index is 5.91. The van der Waals surface area contributed by atoms with Gasteiger partial charge >= 0.3 is 0 Å².